The second kappa shape index (κ2) is 7.24. The molecule has 2 heterocycles. The first-order chi connectivity index (χ1) is 9.52. The Morgan fingerprint density at radius 1 is 1.15 bits per heavy atom. The van der Waals surface area contributed by atoms with Crippen LogP contribution in [0.2, 0.25) is 0 Å². The summed E-state index contributed by atoms with van der Waals surface area (Å²) in [5.74, 6) is 1.54. The lowest BCUT2D eigenvalue weighted by molar-refractivity contribution is 0.0186. The van der Waals surface area contributed by atoms with E-state index in [-0.39, 0.29) is 0 Å². The van der Waals surface area contributed by atoms with Gasteiger partial charge in [0.25, 0.3) is 0 Å². The Kier molecular flexibility index (Phi) is 5.88. The molecule has 0 aromatic heterocycles. The summed E-state index contributed by atoms with van der Waals surface area (Å²) in [6.45, 7) is 14.5. The van der Waals surface area contributed by atoms with Crippen molar-refractivity contribution < 1.29 is 0 Å². The van der Waals surface area contributed by atoms with E-state index in [1.165, 1.54) is 45.4 Å². The summed E-state index contributed by atoms with van der Waals surface area (Å²) in [5.41, 5.74) is 0. The van der Waals surface area contributed by atoms with Crippen LogP contribution in [0.25, 0.3) is 0 Å². The highest BCUT2D eigenvalue weighted by Crippen LogP contribution is 2.26. The molecule has 2 fully saturated rings. The minimum absolute atomic E-state index is 0.689. The van der Waals surface area contributed by atoms with Crippen LogP contribution in [-0.2, 0) is 0 Å². The maximum atomic E-state index is 3.83. The van der Waals surface area contributed by atoms with Gasteiger partial charge in [-0.05, 0) is 44.8 Å². The van der Waals surface area contributed by atoms with Crippen molar-refractivity contribution >= 4 is 0 Å². The number of nitrogens with zero attached hydrogens (tertiary/aromatic N) is 2. The minimum atomic E-state index is 0.689. The fraction of sp³-hybridized carbons (Fsp3) is 1.00. The normalized spacial score (nSPS) is 32.7. The van der Waals surface area contributed by atoms with E-state index in [1.807, 2.05) is 0 Å². The van der Waals surface area contributed by atoms with Crippen molar-refractivity contribution in [2.24, 2.45) is 11.8 Å². The summed E-state index contributed by atoms with van der Waals surface area (Å²) in [6, 6.07) is 2.23. The largest absolute Gasteiger partial charge is 0.311 e. The zero-order chi connectivity index (χ0) is 14.7. The number of nitrogens with one attached hydrogen (secondary N) is 1. The van der Waals surface area contributed by atoms with Gasteiger partial charge in [-0.2, -0.15) is 0 Å². The first-order valence-electron chi connectivity index (χ1n) is 8.70. The van der Waals surface area contributed by atoms with Gasteiger partial charge in [0.2, 0.25) is 0 Å². The van der Waals surface area contributed by atoms with Crippen LogP contribution in [0.5, 0.6) is 0 Å². The number of piperazine rings is 1. The van der Waals surface area contributed by atoms with Gasteiger partial charge < -0.3 is 10.2 Å². The van der Waals surface area contributed by atoms with Gasteiger partial charge in [0.1, 0.15) is 0 Å². The predicted molar refractivity (Wildman–Crippen MR) is 87.1 cm³/mol. The van der Waals surface area contributed by atoms with Crippen LogP contribution < -0.4 is 5.32 Å². The molecule has 3 nitrogen and oxygen atoms in total. The Balaban J connectivity index is 2.03. The summed E-state index contributed by atoms with van der Waals surface area (Å²) >= 11 is 0. The van der Waals surface area contributed by atoms with Crippen LogP contribution >= 0.6 is 0 Å². The van der Waals surface area contributed by atoms with E-state index in [1.54, 1.807) is 0 Å². The van der Waals surface area contributed by atoms with Gasteiger partial charge in [-0.1, -0.05) is 34.1 Å². The van der Waals surface area contributed by atoms with Gasteiger partial charge in [0.05, 0.1) is 0 Å². The molecular weight excluding hydrogens is 246 g/mol. The van der Waals surface area contributed by atoms with Crippen LogP contribution in [0.15, 0.2) is 0 Å². The molecule has 3 heteroatoms. The second-order valence-electron chi connectivity index (χ2n) is 7.44. The third-order valence-corrected chi connectivity index (χ3v) is 5.68. The molecule has 2 aliphatic rings. The number of rotatable bonds is 4. The van der Waals surface area contributed by atoms with Crippen molar-refractivity contribution in [2.45, 2.75) is 65.1 Å². The molecular formula is C17H35N3. The summed E-state index contributed by atoms with van der Waals surface area (Å²) in [7, 11) is 2.26. The van der Waals surface area contributed by atoms with Crippen molar-refractivity contribution in [3.63, 3.8) is 0 Å². The highest BCUT2D eigenvalue weighted by atomic mass is 15.3. The first-order valence-corrected chi connectivity index (χ1v) is 8.70. The third kappa shape index (κ3) is 3.75. The third-order valence-electron chi connectivity index (χ3n) is 5.68. The van der Waals surface area contributed by atoms with Crippen LogP contribution in [-0.4, -0.2) is 61.2 Å². The lowest BCUT2D eigenvalue weighted by atomic mass is 9.89. The fourth-order valence-corrected chi connectivity index (χ4v) is 3.85. The molecule has 0 aliphatic carbocycles. The molecule has 3 unspecified atom stereocenters. The van der Waals surface area contributed by atoms with Gasteiger partial charge in [-0.25, -0.2) is 0 Å². The molecule has 118 valence electrons. The SMILES string of the molecule is CCC(C)C1CN(C2CCN(C)CC2)C(C(C)C)CN1. The first kappa shape index (κ1) is 16.3. The lowest BCUT2D eigenvalue weighted by Gasteiger charge is -2.49. The van der Waals surface area contributed by atoms with Crippen LogP contribution in [0.3, 0.4) is 0 Å². The number of piperidine rings is 1. The van der Waals surface area contributed by atoms with E-state index in [4.69, 9.17) is 0 Å². The van der Waals surface area contributed by atoms with Crippen molar-refractivity contribution in [3.05, 3.63) is 0 Å². The fourth-order valence-electron chi connectivity index (χ4n) is 3.85. The van der Waals surface area contributed by atoms with Crippen molar-refractivity contribution in [1.82, 2.24) is 15.1 Å². The van der Waals surface area contributed by atoms with Crippen LogP contribution in [0.1, 0.15) is 47.0 Å². The second-order valence-corrected chi connectivity index (χ2v) is 7.44. The molecule has 0 saturated carbocycles. The highest BCUT2D eigenvalue weighted by Gasteiger charge is 2.36. The maximum Gasteiger partial charge on any atom is 0.0247 e. The number of hydrogen-bond donors (Lipinski definition) is 1. The van der Waals surface area contributed by atoms with E-state index in [0.29, 0.717) is 6.04 Å². The van der Waals surface area contributed by atoms with E-state index in [2.05, 4.69) is 49.9 Å². The molecule has 0 spiro atoms. The average Bonchev–Trinajstić information content (AvgIpc) is 2.46. The zero-order valence-corrected chi connectivity index (χ0v) is 14.2. The number of hydrogen-bond acceptors (Lipinski definition) is 3. The van der Waals surface area contributed by atoms with Crippen molar-refractivity contribution in [1.29, 1.82) is 0 Å². The Bertz CT molecular complexity index is 284. The topological polar surface area (TPSA) is 18.5 Å². The molecule has 0 bridgehead atoms. The van der Waals surface area contributed by atoms with E-state index >= 15 is 0 Å². The van der Waals surface area contributed by atoms with E-state index in [0.717, 1.165) is 23.9 Å². The van der Waals surface area contributed by atoms with Gasteiger partial charge in [0.15, 0.2) is 0 Å². The summed E-state index contributed by atoms with van der Waals surface area (Å²) in [6.07, 6.45) is 3.99. The quantitative estimate of drug-likeness (QED) is 0.854. The molecule has 2 saturated heterocycles. The Hall–Kier alpha value is -0.120. The summed E-state index contributed by atoms with van der Waals surface area (Å²) in [5, 5.41) is 3.83. The van der Waals surface area contributed by atoms with E-state index in [9.17, 15) is 0 Å². The molecule has 1 N–H and O–H groups in total. The highest BCUT2D eigenvalue weighted by molar-refractivity contribution is 4.94. The van der Waals surface area contributed by atoms with Gasteiger partial charge >= 0.3 is 0 Å². The molecule has 3 atom stereocenters. The smallest absolute Gasteiger partial charge is 0.0247 e. The summed E-state index contributed by atoms with van der Waals surface area (Å²) < 4.78 is 0. The molecule has 2 aliphatic heterocycles. The van der Waals surface area contributed by atoms with E-state index < -0.39 is 0 Å². The Morgan fingerprint density at radius 3 is 2.35 bits per heavy atom. The van der Waals surface area contributed by atoms with Gasteiger partial charge in [0, 0.05) is 31.2 Å². The summed E-state index contributed by atoms with van der Waals surface area (Å²) in [4.78, 5) is 5.35. The van der Waals surface area contributed by atoms with Gasteiger partial charge in [-0.3, -0.25) is 4.90 Å². The van der Waals surface area contributed by atoms with Gasteiger partial charge in [-0.15, -0.1) is 0 Å². The Labute approximate surface area is 126 Å². The van der Waals surface area contributed by atoms with Crippen LogP contribution in [0.4, 0.5) is 0 Å². The zero-order valence-electron chi connectivity index (χ0n) is 14.2. The molecule has 0 aromatic rings. The van der Waals surface area contributed by atoms with Crippen molar-refractivity contribution in [3.8, 4) is 0 Å². The monoisotopic (exact) mass is 281 g/mol. The molecule has 0 radical (unpaired) electrons. The predicted octanol–water partition coefficient (Wildman–Crippen LogP) is 2.43. The Morgan fingerprint density at radius 2 is 1.80 bits per heavy atom. The maximum absolute atomic E-state index is 3.83. The molecule has 20 heavy (non-hydrogen) atoms. The molecule has 0 aromatic carbocycles. The average molecular weight is 281 g/mol. The standard InChI is InChI=1S/C17H35N3/c1-6-14(4)16-12-20(17(11-18-16)13(2)3)15-7-9-19(5)10-8-15/h13-18H,6-12H2,1-5H3. The van der Waals surface area contributed by atoms with Crippen molar-refractivity contribution in [2.75, 3.05) is 33.2 Å². The lowest BCUT2D eigenvalue weighted by Crippen LogP contribution is -2.63. The van der Waals surface area contributed by atoms with Crippen LogP contribution in [0, 0.1) is 11.8 Å². The molecule has 2 rings (SSSR count). The minimum Gasteiger partial charge on any atom is -0.311 e. The molecule has 0 amide bonds. The number of likely N-dealkylation sites (tertiary alicyclic amines) is 1.